The minimum absolute atomic E-state index is 0.0583. The number of aryl methyl sites for hydroxylation is 1. The van der Waals surface area contributed by atoms with Gasteiger partial charge in [0.05, 0.1) is 28.4 Å². The first-order chi connectivity index (χ1) is 19.5. The average molecular weight is 549 g/mol. The van der Waals surface area contributed by atoms with Gasteiger partial charge in [-0.2, -0.15) is 5.10 Å². The Kier molecular flexibility index (Phi) is 6.29. The number of nitrogens with one attached hydrogen (secondary N) is 3. The summed E-state index contributed by atoms with van der Waals surface area (Å²) in [6.45, 7) is 8.03. The van der Waals surface area contributed by atoms with Crippen molar-refractivity contribution in [1.82, 2.24) is 25.1 Å². The number of carbonyl (C=O) groups excluding carboxylic acids is 1. The van der Waals surface area contributed by atoms with E-state index in [0.29, 0.717) is 29.2 Å². The standard InChI is InChI=1S/C32H29FN6O2/c1-17-5-7-24(19-9-21(33)13-23(40)11-19)29-28(17)36-31(37-29)30-25-12-18(6-8-26(25)38-39-30)20-10-22(16-34-15-20)35-27(41)14-32(2,3)4/h5-13,15-16,40H,14H2,1-4H3,(H,35,41)(H,36,37)(H,38,39). The van der Waals surface area contributed by atoms with Crippen molar-refractivity contribution in [3.8, 4) is 39.5 Å². The number of aromatic amines is 2. The largest absolute Gasteiger partial charge is 0.508 e. The van der Waals surface area contributed by atoms with Crippen molar-refractivity contribution in [2.45, 2.75) is 34.1 Å². The SMILES string of the molecule is Cc1ccc(-c2cc(O)cc(F)c2)c2[nH]c(-c3n[nH]c4ccc(-c5cncc(NC(=O)CC(C)(C)C)c5)cc34)nc12. The monoisotopic (exact) mass is 548 g/mol. The molecule has 6 aromatic rings. The van der Waals surface area contributed by atoms with Crippen molar-refractivity contribution >= 4 is 33.5 Å². The Hall–Kier alpha value is -5.05. The van der Waals surface area contributed by atoms with Gasteiger partial charge in [-0.05, 0) is 59.4 Å². The molecule has 0 spiro atoms. The third-order valence-electron chi connectivity index (χ3n) is 6.87. The van der Waals surface area contributed by atoms with Gasteiger partial charge in [0.1, 0.15) is 17.3 Å². The Balaban J connectivity index is 1.39. The fourth-order valence-corrected chi connectivity index (χ4v) is 5.03. The number of benzene rings is 3. The number of hydrogen-bond acceptors (Lipinski definition) is 5. The van der Waals surface area contributed by atoms with E-state index in [0.717, 1.165) is 50.3 Å². The molecule has 6 rings (SSSR count). The van der Waals surface area contributed by atoms with Crippen molar-refractivity contribution in [1.29, 1.82) is 0 Å². The number of nitrogens with zero attached hydrogens (tertiary/aromatic N) is 3. The minimum Gasteiger partial charge on any atom is -0.508 e. The first-order valence-electron chi connectivity index (χ1n) is 13.3. The van der Waals surface area contributed by atoms with Crippen molar-refractivity contribution in [2.24, 2.45) is 5.41 Å². The summed E-state index contributed by atoms with van der Waals surface area (Å²) < 4.78 is 14.1. The van der Waals surface area contributed by atoms with Gasteiger partial charge >= 0.3 is 0 Å². The van der Waals surface area contributed by atoms with E-state index in [4.69, 9.17) is 4.98 Å². The van der Waals surface area contributed by atoms with Crippen LogP contribution in [0.4, 0.5) is 10.1 Å². The smallest absolute Gasteiger partial charge is 0.224 e. The molecular formula is C32H29FN6O2. The summed E-state index contributed by atoms with van der Waals surface area (Å²) in [5, 5.41) is 21.4. The zero-order chi connectivity index (χ0) is 28.9. The highest BCUT2D eigenvalue weighted by molar-refractivity contribution is 5.99. The van der Waals surface area contributed by atoms with Crippen molar-refractivity contribution in [3.05, 3.63) is 78.4 Å². The highest BCUT2D eigenvalue weighted by atomic mass is 19.1. The average Bonchev–Trinajstić information content (AvgIpc) is 3.52. The molecule has 0 bridgehead atoms. The number of aromatic nitrogens is 5. The van der Waals surface area contributed by atoms with Crippen molar-refractivity contribution in [3.63, 3.8) is 0 Å². The number of phenols is 1. The zero-order valence-corrected chi connectivity index (χ0v) is 23.1. The molecule has 0 aliphatic rings. The van der Waals surface area contributed by atoms with E-state index >= 15 is 0 Å². The number of carbonyl (C=O) groups is 1. The fraction of sp³-hybridized carbons (Fsp3) is 0.188. The van der Waals surface area contributed by atoms with E-state index in [2.05, 4.69) is 25.5 Å². The van der Waals surface area contributed by atoms with E-state index in [9.17, 15) is 14.3 Å². The third kappa shape index (κ3) is 5.26. The Morgan fingerprint density at radius 1 is 1.00 bits per heavy atom. The molecule has 4 N–H and O–H groups in total. The lowest BCUT2D eigenvalue weighted by Gasteiger charge is -2.17. The summed E-state index contributed by atoms with van der Waals surface area (Å²) in [5.41, 5.74) is 7.39. The van der Waals surface area contributed by atoms with Crippen LogP contribution in [-0.2, 0) is 4.79 Å². The molecule has 0 atom stereocenters. The number of halogens is 1. The number of phenolic OH excluding ortho intramolecular Hbond substituents is 1. The lowest BCUT2D eigenvalue weighted by molar-refractivity contribution is -0.117. The molecule has 3 heterocycles. The molecule has 0 radical (unpaired) electrons. The zero-order valence-electron chi connectivity index (χ0n) is 23.1. The molecule has 1 amide bonds. The van der Waals surface area contributed by atoms with E-state index < -0.39 is 5.82 Å². The number of amides is 1. The second-order valence-corrected chi connectivity index (χ2v) is 11.5. The summed E-state index contributed by atoms with van der Waals surface area (Å²) in [6, 6.07) is 15.6. The Morgan fingerprint density at radius 2 is 1.83 bits per heavy atom. The molecule has 3 aromatic heterocycles. The summed E-state index contributed by atoms with van der Waals surface area (Å²) in [7, 11) is 0. The third-order valence-corrected chi connectivity index (χ3v) is 6.87. The molecule has 206 valence electrons. The van der Waals surface area contributed by atoms with Gasteiger partial charge in [0.2, 0.25) is 5.91 Å². The lowest BCUT2D eigenvalue weighted by Crippen LogP contribution is -2.19. The molecule has 41 heavy (non-hydrogen) atoms. The second-order valence-electron chi connectivity index (χ2n) is 11.5. The summed E-state index contributed by atoms with van der Waals surface area (Å²) >= 11 is 0. The van der Waals surface area contributed by atoms with E-state index in [1.54, 1.807) is 12.4 Å². The molecular weight excluding hydrogens is 519 g/mol. The highest BCUT2D eigenvalue weighted by Gasteiger charge is 2.19. The first-order valence-corrected chi connectivity index (χ1v) is 13.3. The van der Waals surface area contributed by atoms with E-state index in [1.807, 2.05) is 64.1 Å². The first kappa shape index (κ1) is 26.2. The maximum absolute atomic E-state index is 14.1. The van der Waals surface area contributed by atoms with Crippen molar-refractivity contribution < 1.29 is 14.3 Å². The summed E-state index contributed by atoms with van der Waals surface area (Å²) in [5.74, 6) is -0.170. The number of fused-ring (bicyclic) bond motifs is 2. The number of aromatic hydroxyl groups is 1. The van der Waals surface area contributed by atoms with Crippen LogP contribution in [0.5, 0.6) is 5.75 Å². The van der Waals surface area contributed by atoms with E-state index in [-0.39, 0.29) is 17.1 Å². The normalized spacial score (nSPS) is 11.8. The summed E-state index contributed by atoms with van der Waals surface area (Å²) in [4.78, 5) is 25.1. The topological polar surface area (TPSA) is 120 Å². The molecule has 9 heteroatoms. The van der Waals surface area contributed by atoms with Crippen LogP contribution in [0.15, 0.2) is 67.0 Å². The van der Waals surface area contributed by atoms with Crippen LogP contribution in [0.3, 0.4) is 0 Å². The van der Waals surface area contributed by atoms with Gasteiger partial charge in [-0.25, -0.2) is 9.37 Å². The van der Waals surface area contributed by atoms with Gasteiger partial charge in [-0.1, -0.05) is 39.0 Å². The van der Waals surface area contributed by atoms with Crippen LogP contribution >= 0.6 is 0 Å². The molecule has 0 aliphatic carbocycles. The summed E-state index contributed by atoms with van der Waals surface area (Å²) in [6.07, 6.45) is 3.80. The molecule has 3 aromatic carbocycles. The molecule has 0 unspecified atom stereocenters. The van der Waals surface area contributed by atoms with Crippen LogP contribution in [0.2, 0.25) is 0 Å². The van der Waals surface area contributed by atoms with Crippen molar-refractivity contribution in [2.75, 3.05) is 5.32 Å². The number of anilines is 1. The quantitative estimate of drug-likeness (QED) is 0.179. The van der Waals surface area contributed by atoms with Gasteiger partial charge in [0, 0.05) is 35.2 Å². The molecule has 0 saturated heterocycles. The maximum Gasteiger partial charge on any atom is 0.224 e. The molecule has 0 aliphatic heterocycles. The maximum atomic E-state index is 14.1. The highest BCUT2D eigenvalue weighted by Crippen LogP contribution is 2.35. The Morgan fingerprint density at radius 3 is 2.61 bits per heavy atom. The fourth-order valence-electron chi connectivity index (χ4n) is 5.03. The predicted molar refractivity (Wildman–Crippen MR) is 159 cm³/mol. The van der Waals surface area contributed by atoms with Gasteiger partial charge in [-0.3, -0.25) is 14.9 Å². The number of pyridine rings is 1. The number of rotatable bonds is 5. The Labute approximate surface area is 235 Å². The van der Waals surface area contributed by atoms with E-state index in [1.165, 1.54) is 12.1 Å². The Bertz CT molecular complexity index is 1930. The number of H-pyrrole nitrogens is 2. The molecule has 0 fully saturated rings. The minimum atomic E-state index is -0.522. The van der Waals surface area contributed by atoms with Gasteiger partial charge in [0.25, 0.3) is 0 Å². The van der Waals surface area contributed by atoms with Crippen LogP contribution in [0, 0.1) is 18.2 Å². The number of imidazole rings is 1. The second kappa shape index (κ2) is 9.85. The van der Waals surface area contributed by atoms with Gasteiger partial charge in [-0.15, -0.1) is 0 Å². The molecule has 0 saturated carbocycles. The van der Waals surface area contributed by atoms with Crippen LogP contribution < -0.4 is 5.32 Å². The van der Waals surface area contributed by atoms with Crippen LogP contribution in [0.1, 0.15) is 32.8 Å². The van der Waals surface area contributed by atoms with Crippen LogP contribution in [0.25, 0.3) is 55.7 Å². The van der Waals surface area contributed by atoms with Crippen LogP contribution in [-0.4, -0.2) is 36.2 Å². The predicted octanol–water partition coefficient (Wildman–Crippen LogP) is 7.36. The van der Waals surface area contributed by atoms with Gasteiger partial charge < -0.3 is 15.4 Å². The van der Waals surface area contributed by atoms with Gasteiger partial charge in [0.15, 0.2) is 5.82 Å². The lowest BCUT2D eigenvalue weighted by atomic mass is 9.92. The molecule has 8 nitrogen and oxygen atoms in total. The number of hydrogen-bond donors (Lipinski definition) is 4.